The Balaban J connectivity index is 1.35. The first-order valence-corrected chi connectivity index (χ1v) is 10.7. The van der Waals surface area contributed by atoms with E-state index in [1.54, 1.807) is 35.2 Å². The lowest BCUT2D eigenvalue weighted by Gasteiger charge is -2.31. The van der Waals surface area contributed by atoms with Gasteiger partial charge in [-0.25, -0.2) is 0 Å². The van der Waals surface area contributed by atoms with Crippen LogP contribution in [0, 0.1) is 5.92 Å². The summed E-state index contributed by atoms with van der Waals surface area (Å²) in [6, 6.07) is 11.4. The normalized spacial score (nSPS) is 16.6. The van der Waals surface area contributed by atoms with Crippen LogP contribution < -0.4 is 9.47 Å². The van der Waals surface area contributed by atoms with Crippen molar-refractivity contribution in [2.45, 2.75) is 23.5 Å². The molecule has 0 aromatic heterocycles. The standard InChI is InChI=1S/C22H21F2NO4S/c23-22(24)30-17-4-1-15(2-5-17)21(27)25-9-7-14(8-10-25)20(26)16-3-6-18-19(13-16)29-12-11-28-18/h1-6,13-14,22H,7-12H2. The highest BCUT2D eigenvalue weighted by atomic mass is 32.2. The van der Waals surface area contributed by atoms with Crippen LogP contribution in [0.2, 0.25) is 0 Å². The van der Waals surface area contributed by atoms with Gasteiger partial charge in [-0.1, -0.05) is 11.8 Å². The highest BCUT2D eigenvalue weighted by Gasteiger charge is 2.29. The molecule has 0 aliphatic carbocycles. The molecule has 0 spiro atoms. The van der Waals surface area contributed by atoms with Gasteiger partial charge in [-0.2, -0.15) is 8.78 Å². The molecule has 2 aromatic carbocycles. The second kappa shape index (κ2) is 9.04. The molecule has 1 fully saturated rings. The van der Waals surface area contributed by atoms with Crippen LogP contribution in [0.15, 0.2) is 47.4 Å². The molecule has 0 bridgehead atoms. The molecular weight excluding hydrogens is 412 g/mol. The van der Waals surface area contributed by atoms with Gasteiger partial charge in [-0.3, -0.25) is 9.59 Å². The molecule has 2 aromatic rings. The largest absolute Gasteiger partial charge is 0.486 e. The monoisotopic (exact) mass is 433 g/mol. The summed E-state index contributed by atoms with van der Waals surface area (Å²) in [4.78, 5) is 27.7. The molecule has 2 aliphatic heterocycles. The van der Waals surface area contributed by atoms with E-state index in [1.165, 1.54) is 12.1 Å². The zero-order valence-electron chi connectivity index (χ0n) is 16.2. The van der Waals surface area contributed by atoms with Gasteiger partial charge in [0.15, 0.2) is 17.3 Å². The van der Waals surface area contributed by atoms with Gasteiger partial charge in [0.25, 0.3) is 11.7 Å². The van der Waals surface area contributed by atoms with E-state index in [2.05, 4.69) is 0 Å². The molecule has 1 amide bonds. The van der Waals surface area contributed by atoms with Crippen molar-refractivity contribution in [1.82, 2.24) is 4.90 Å². The zero-order valence-corrected chi connectivity index (χ0v) is 17.0. The van der Waals surface area contributed by atoms with Crippen LogP contribution >= 0.6 is 11.8 Å². The number of amides is 1. The van der Waals surface area contributed by atoms with Gasteiger partial charge < -0.3 is 14.4 Å². The minimum absolute atomic E-state index is 0.0486. The highest BCUT2D eigenvalue weighted by molar-refractivity contribution is 7.99. The molecule has 0 atom stereocenters. The third-order valence-electron chi connectivity index (χ3n) is 5.31. The number of thioether (sulfide) groups is 1. The summed E-state index contributed by atoms with van der Waals surface area (Å²) < 4.78 is 35.9. The van der Waals surface area contributed by atoms with Crippen molar-refractivity contribution >= 4 is 23.5 Å². The maximum Gasteiger partial charge on any atom is 0.288 e. The predicted molar refractivity (Wildman–Crippen MR) is 109 cm³/mol. The van der Waals surface area contributed by atoms with Crippen LogP contribution in [0.4, 0.5) is 8.78 Å². The number of fused-ring (bicyclic) bond motifs is 1. The second-order valence-corrected chi connectivity index (χ2v) is 8.26. The van der Waals surface area contributed by atoms with E-state index in [4.69, 9.17) is 9.47 Å². The number of rotatable bonds is 5. The van der Waals surface area contributed by atoms with Gasteiger partial charge >= 0.3 is 0 Å². The number of ether oxygens (including phenoxy) is 2. The maximum atomic E-state index is 12.9. The number of nitrogens with zero attached hydrogens (tertiary/aromatic N) is 1. The Kier molecular flexibility index (Phi) is 6.22. The van der Waals surface area contributed by atoms with Crippen LogP contribution in [0.25, 0.3) is 0 Å². The van der Waals surface area contributed by atoms with Crippen molar-refractivity contribution < 1.29 is 27.8 Å². The van der Waals surface area contributed by atoms with Gasteiger partial charge in [0.2, 0.25) is 0 Å². The zero-order chi connectivity index (χ0) is 21.1. The third kappa shape index (κ3) is 4.59. The van der Waals surface area contributed by atoms with E-state index < -0.39 is 5.76 Å². The minimum Gasteiger partial charge on any atom is -0.486 e. The molecule has 5 nitrogen and oxygen atoms in total. The van der Waals surface area contributed by atoms with Crippen molar-refractivity contribution in [1.29, 1.82) is 0 Å². The number of piperidine rings is 1. The lowest BCUT2D eigenvalue weighted by atomic mass is 9.88. The molecule has 0 radical (unpaired) electrons. The van der Waals surface area contributed by atoms with Crippen molar-refractivity contribution in [2.24, 2.45) is 5.92 Å². The molecule has 2 heterocycles. The van der Waals surface area contributed by atoms with E-state index in [9.17, 15) is 18.4 Å². The fourth-order valence-corrected chi connectivity index (χ4v) is 4.24. The number of carbonyl (C=O) groups excluding carboxylic acids is 2. The summed E-state index contributed by atoms with van der Waals surface area (Å²) in [5.41, 5.74) is 1.06. The number of likely N-dealkylation sites (tertiary alicyclic amines) is 1. The minimum atomic E-state index is -2.49. The van der Waals surface area contributed by atoms with Gasteiger partial charge in [0.1, 0.15) is 13.2 Å². The van der Waals surface area contributed by atoms with Gasteiger partial charge in [-0.05, 0) is 55.3 Å². The van der Waals surface area contributed by atoms with Crippen LogP contribution in [-0.4, -0.2) is 48.7 Å². The summed E-state index contributed by atoms with van der Waals surface area (Å²) in [6.07, 6.45) is 1.16. The van der Waals surface area contributed by atoms with Crippen LogP contribution in [0.1, 0.15) is 33.6 Å². The van der Waals surface area contributed by atoms with E-state index in [0.29, 0.717) is 78.4 Å². The van der Waals surface area contributed by atoms with Crippen LogP contribution in [0.3, 0.4) is 0 Å². The Hall–Kier alpha value is -2.61. The lowest BCUT2D eigenvalue weighted by molar-refractivity contribution is 0.0650. The summed E-state index contributed by atoms with van der Waals surface area (Å²) in [5, 5.41) is 0. The lowest BCUT2D eigenvalue weighted by Crippen LogP contribution is -2.40. The fraction of sp³-hybridized carbons (Fsp3) is 0.364. The topological polar surface area (TPSA) is 55.8 Å². The summed E-state index contributed by atoms with van der Waals surface area (Å²) >= 11 is 0.452. The van der Waals surface area contributed by atoms with Gasteiger partial charge in [-0.15, -0.1) is 0 Å². The molecule has 2 aliphatic rings. The smallest absolute Gasteiger partial charge is 0.288 e. The summed E-state index contributed by atoms with van der Waals surface area (Å²) in [6.45, 7) is 1.92. The van der Waals surface area contributed by atoms with Crippen molar-refractivity contribution in [3.63, 3.8) is 0 Å². The first-order chi connectivity index (χ1) is 14.5. The number of ketones is 1. The number of hydrogen-bond acceptors (Lipinski definition) is 5. The molecule has 1 saturated heterocycles. The average Bonchev–Trinajstić information content (AvgIpc) is 2.78. The molecule has 0 unspecified atom stereocenters. The predicted octanol–water partition coefficient (Wildman–Crippen LogP) is 4.51. The van der Waals surface area contributed by atoms with Crippen molar-refractivity contribution in [3.05, 3.63) is 53.6 Å². The third-order valence-corrected chi connectivity index (χ3v) is 6.03. The highest BCUT2D eigenvalue weighted by Crippen LogP contribution is 2.33. The fourth-order valence-electron chi connectivity index (χ4n) is 3.74. The van der Waals surface area contributed by atoms with Crippen molar-refractivity contribution in [2.75, 3.05) is 26.3 Å². The van der Waals surface area contributed by atoms with Gasteiger partial charge in [0, 0.05) is 35.0 Å². The number of benzene rings is 2. The number of halogens is 2. The molecule has 4 rings (SSSR count). The number of hydrogen-bond donors (Lipinski definition) is 0. The Morgan fingerprint density at radius 1 is 0.933 bits per heavy atom. The van der Waals surface area contributed by atoms with Gasteiger partial charge in [0.05, 0.1) is 0 Å². The first-order valence-electron chi connectivity index (χ1n) is 9.79. The summed E-state index contributed by atoms with van der Waals surface area (Å²) in [7, 11) is 0. The molecule has 158 valence electrons. The van der Waals surface area contributed by atoms with E-state index in [-0.39, 0.29) is 17.6 Å². The molecule has 8 heteroatoms. The maximum absolute atomic E-state index is 12.9. The number of carbonyl (C=O) groups is 2. The molecule has 0 N–H and O–H groups in total. The first kappa shape index (κ1) is 20.7. The number of Topliss-reactive ketones (excluding diaryl/α,β-unsaturated/α-hetero) is 1. The van der Waals surface area contributed by atoms with E-state index in [0.717, 1.165) is 0 Å². The Morgan fingerprint density at radius 2 is 1.57 bits per heavy atom. The Labute approximate surface area is 177 Å². The second-order valence-electron chi connectivity index (χ2n) is 7.19. The molecule has 30 heavy (non-hydrogen) atoms. The summed E-state index contributed by atoms with van der Waals surface area (Å²) in [5.74, 6) is -1.50. The Morgan fingerprint density at radius 3 is 2.23 bits per heavy atom. The van der Waals surface area contributed by atoms with E-state index >= 15 is 0 Å². The molecule has 0 saturated carbocycles. The SMILES string of the molecule is O=C(c1ccc2c(c1)OCCO2)C1CCN(C(=O)c2ccc(SC(F)F)cc2)CC1. The Bertz CT molecular complexity index is 927. The quantitative estimate of drug-likeness (QED) is 0.513. The average molecular weight is 433 g/mol. The van der Waals surface area contributed by atoms with Crippen molar-refractivity contribution in [3.8, 4) is 11.5 Å². The van der Waals surface area contributed by atoms with Crippen LogP contribution in [0.5, 0.6) is 11.5 Å². The van der Waals surface area contributed by atoms with Crippen LogP contribution in [-0.2, 0) is 0 Å². The number of alkyl halides is 2. The molecular formula is C22H21F2NO4S. The van der Waals surface area contributed by atoms with E-state index in [1.807, 2.05) is 0 Å².